The summed E-state index contributed by atoms with van der Waals surface area (Å²) in [5.41, 5.74) is 5.53. The fourth-order valence-electron chi connectivity index (χ4n) is 1.75. The Kier molecular flexibility index (Phi) is 3.66. The van der Waals surface area contributed by atoms with E-state index in [-0.39, 0.29) is 11.1 Å². The Morgan fingerprint density at radius 3 is 2.33 bits per heavy atom. The van der Waals surface area contributed by atoms with Gasteiger partial charge in [-0.2, -0.15) is 0 Å². The number of carbonyl (C=O) groups is 3. The molecule has 2 rings (SSSR count). The molecule has 110 valence electrons. The summed E-state index contributed by atoms with van der Waals surface area (Å²) in [5.74, 6) is -3.54. The van der Waals surface area contributed by atoms with E-state index in [1.807, 2.05) is 0 Å². The number of benzene rings is 1. The van der Waals surface area contributed by atoms with Gasteiger partial charge in [-0.25, -0.2) is 9.59 Å². The predicted octanol–water partition coefficient (Wildman–Crippen LogP) is 0.917. The van der Waals surface area contributed by atoms with E-state index >= 15 is 0 Å². The van der Waals surface area contributed by atoms with Crippen molar-refractivity contribution in [2.45, 2.75) is 19.6 Å². The molecule has 1 aliphatic heterocycles. The van der Waals surface area contributed by atoms with Crippen molar-refractivity contribution in [3.63, 3.8) is 0 Å². The Morgan fingerprint density at radius 1 is 1.19 bits per heavy atom. The molecule has 0 spiro atoms. The van der Waals surface area contributed by atoms with Gasteiger partial charge >= 0.3 is 11.9 Å². The number of nitrogens with one attached hydrogen (secondary N) is 1. The lowest BCUT2D eigenvalue weighted by Crippen LogP contribution is -2.42. The summed E-state index contributed by atoms with van der Waals surface area (Å²) in [7, 11) is 0. The fourth-order valence-corrected chi connectivity index (χ4v) is 1.75. The Balaban J connectivity index is 2.24. The molecule has 1 aromatic carbocycles. The van der Waals surface area contributed by atoms with E-state index in [9.17, 15) is 14.4 Å². The first kappa shape index (κ1) is 14.6. The van der Waals surface area contributed by atoms with Gasteiger partial charge in [-0.15, -0.1) is 0 Å². The average molecular weight is 290 g/mol. The number of cyclic esters (lactones) is 2. The van der Waals surface area contributed by atoms with Gasteiger partial charge < -0.3 is 20.5 Å². The summed E-state index contributed by atoms with van der Waals surface area (Å²) in [4.78, 5) is 34.7. The number of amides is 1. The maximum absolute atomic E-state index is 11.7. The van der Waals surface area contributed by atoms with Crippen LogP contribution in [0, 0.1) is 0 Å². The summed E-state index contributed by atoms with van der Waals surface area (Å²) in [6, 6.07) is 6.42. The molecule has 3 N–H and O–H groups in total. The summed E-state index contributed by atoms with van der Waals surface area (Å²) in [6.45, 7) is 2.91. The van der Waals surface area contributed by atoms with Gasteiger partial charge in [0.1, 0.15) is 0 Å². The van der Waals surface area contributed by atoms with E-state index in [2.05, 4.69) is 5.32 Å². The van der Waals surface area contributed by atoms with Gasteiger partial charge in [-0.1, -0.05) is 12.1 Å². The molecule has 1 aromatic rings. The van der Waals surface area contributed by atoms with Crippen LogP contribution in [0.25, 0.3) is 0 Å². The van der Waals surface area contributed by atoms with Gasteiger partial charge in [0.05, 0.1) is 11.3 Å². The first-order chi connectivity index (χ1) is 9.80. The molecule has 1 saturated heterocycles. The van der Waals surface area contributed by atoms with Crippen LogP contribution in [0.3, 0.4) is 0 Å². The Labute approximate surface area is 120 Å². The van der Waals surface area contributed by atoms with E-state index in [0.717, 1.165) is 6.20 Å². The monoisotopic (exact) mass is 290 g/mol. The number of hydrogen-bond acceptors (Lipinski definition) is 6. The highest BCUT2D eigenvalue weighted by Gasteiger charge is 2.38. The number of anilines is 1. The molecule has 1 heterocycles. The van der Waals surface area contributed by atoms with Gasteiger partial charge in [0, 0.05) is 20.0 Å². The van der Waals surface area contributed by atoms with Crippen LogP contribution in [0.15, 0.2) is 36.0 Å². The molecule has 0 bridgehead atoms. The maximum atomic E-state index is 11.7. The van der Waals surface area contributed by atoms with Crippen LogP contribution >= 0.6 is 0 Å². The number of hydrogen-bond donors (Lipinski definition) is 2. The second-order valence-electron chi connectivity index (χ2n) is 4.79. The fraction of sp³-hybridized carbons (Fsp3) is 0.214. The molecule has 0 aromatic heterocycles. The average Bonchev–Trinajstić information content (AvgIpc) is 2.36. The number of primary amides is 1. The van der Waals surface area contributed by atoms with Crippen LogP contribution in [0.4, 0.5) is 5.69 Å². The highest BCUT2D eigenvalue weighted by molar-refractivity contribution is 6.15. The molecule has 0 unspecified atom stereocenters. The number of rotatable bonds is 3. The van der Waals surface area contributed by atoms with Crippen molar-refractivity contribution in [1.29, 1.82) is 0 Å². The molecule has 0 radical (unpaired) electrons. The molecule has 7 nitrogen and oxygen atoms in total. The molecule has 1 aliphatic rings. The Morgan fingerprint density at radius 2 is 1.76 bits per heavy atom. The van der Waals surface area contributed by atoms with E-state index in [0.29, 0.717) is 5.69 Å². The van der Waals surface area contributed by atoms with Crippen LogP contribution in [-0.4, -0.2) is 23.6 Å². The Bertz CT molecular complexity index is 627. The van der Waals surface area contributed by atoms with Crippen molar-refractivity contribution in [2.75, 3.05) is 5.32 Å². The van der Waals surface area contributed by atoms with E-state index in [1.54, 1.807) is 18.2 Å². The standard InChI is InChI=1S/C14H14N2O5/c1-14(2)20-12(18)9(13(19)21-14)7-16-10-6-4-3-5-8(10)11(15)17/h3-7,16H,1-2H3,(H2,15,17). The lowest BCUT2D eigenvalue weighted by molar-refractivity contribution is -0.222. The zero-order valence-electron chi connectivity index (χ0n) is 11.5. The predicted molar refractivity (Wildman–Crippen MR) is 72.9 cm³/mol. The smallest absolute Gasteiger partial charge is 0.350 e. The van der Waals surface area contributed by atoms with Crippen LogP contribution in [-0.2, 0) is 19.1 Å². The van der Waals surface area contributed by atoms with Crippen LogP contribution in [0.2, 0.25) is 0 Å². The molecule has 1 amide bonds. The molecule has 0 saturated carbocycles. The third-order valence-electron chi connectivity index (χ3n) is 2.68. The summed E-state index contributed by atoms with van der Waals surface area (Å²) < 4.78 is 9.88. The molecule has 1 fully saturated rings. The highest BCUT2D eigenvalue weighted by Crippen LogP contribution is 2.23. The topological polar surface area (TPSA) is 108 Å². The maximum Gasteiger partial charge on any atom is 0.350 e. The molecular formula is C14H14N2O5. The van der Waals surface area contributed by atoms with Crippen molar-refractivity contribution in [1.82, 2.24) is 0 Å². The van der Waals surface area contributed by atoms with Crippen molar-refractivity contribution in [3.8, 4) is 0 Å². The summed E-state index contributed by atoms with van der Waals surface area (Å²) in [6.07, 6.45) is 1.13. The minimum atomic E-state index is -1.30. The largest absolute Gasteiger partial charge is 0.419 e. The molecule has 0 aliphatic carbocycles. The highest BCUT2D eigenvalue weighted by atomic mass is 16.7. The van der Waals surface area contributed by atoms with Gasteiger partial charge in [-0.3, -0.25) is 4.79 Å². The first-order valence-corrected chi connectivity index (χ1v) is 6.12. The van der Waals surface area contributed by atoms with Crippen molar-refractivity contribution in [3.05, 3.63) is 41.6 Å². The van der Waals surface area contributed by atoms with E-state index < -0.39 is 23.6 Å². The molecule has 7 heteroatoms. The lowest BCUT2D eigenvalue weighted by atomic mass is 10.1. The van der Waals surface area contributed by atoms with Crippen LogP contribution < -0.4 is 11.1 Å². The minimum absolute atomic E-state index is 0.229. The summed E-state index contributed by atoms with van der Waals surface area (Å²) in [5, 5.41) is 2.69. The number of esters is 2. The molecule has 0 atom stereocenters. The minimum Gasteiger partial charge on any atom is -0.419 e. The third-order valence-corrected chi connectivity index (χ3v) is 2.68. The zero-order valence-corrected chi connectivity index (χ0v) is 11.5. The molecular weight excluding hydrogens is 276 g/mol. The first-order valence-electron chi connectivity index (χ1n) is 6.12. The van der Waals surface area contributed by atoms with Gasteiger partial charge in [0.2, 0.25) is 0 Å². The van der Waals surface area contributed by atoms with Crippen molar-refractivity contribution >= 4 is 23.5 Å². The van der Waals surface area contributed by atoms with Gasteiger partial charge in [-0.05, 0) is 12.1 Å². The van der Waals surface area contributed by atoms with Crippen LogP contribution in [0.5, 0.6) is 0 Å². The van der Waals surface area contributed by atoms with Gasteiger partial charge in [0.15, 0.2) is 5.57 Å². The summed E-state index contributed by atoms with van der Waals surface area (Å²) >= 11 is 0. The third kappa shape index (κ3) is 3.19. The van der Waals surface area contributed by atoms with Gasteiger partial charge in [0.25, 0.3) is 11.7 Å². The second-order valence-corrected chi connectivity index (χ2v) is 4.79. The second kappa shape index (κ2) is 5.28. The Hall–Kier alpha value is -2.83. The van der Waals surface area contributed by atoms with Crippen LogP contribution in [0.1, 0.15) is 24.2 Å². The number of carbonyl (C=O) groups excluding carboxylic acids is 3. The van der Waals surface area contributed by atoms with Crippen molar-refractivity contribution in [2.24, 2.45) is 5.73 Å². The quantitative estimate of drug-likeness (QED) is 0.487. The van der Waals surface area contributed by atoms with Crippen molar-refractivity contribution < 1.29 is 23.9 Å². The zero-order chi connectivity index (χ0) is 15.6. The number of para-hydroxylation sites is 1. The SMILES string of the molecule is CC1(C)OC(=O)C(=CNc2ccccc2C(N)=O)C(=O)O1. The normalized spacial score (nSPS) is 16.8. The lowest BCUT2D eigenvalue weighted by Gasteiger charge is -2.29. The number of nitrogens with two attached hydrogens (primary N) is 1. The van der Waals surface area contributed by atoms with E-state index in [4.69, 9.17) is 15.2 Å². The van der Waals surface area contributed by atoms with E-state index in [1.165, 1.54) is 19.9 Å². The molecule has 21 heavy (non-hydrogen) atoms. The number of ether oxygens (including phenoxy) is 2.